The molecule has 3 N–H and O–H groups in total. The molecule has 0 atom stereocenters. The largest absolute Gasteiger partial charge is 0.481 e. The van der Waals surface area contributed by atoms with Gasteiger partial charge in [0, 0.05) is 13.2 Å². The number of hydrogen-bond acceptors (Lipinski definition) is 4. The van der Waals surface area contributed by atoms with Crippen molar-refractivity contribution >= 4 is 16.0 Å². The standard InChI is InChI=1S/C24H49NO5S/c1-5-23(6-2,16-11-14-20-31(25,28)29)15-9-12-18-30-19-13-10-17-24(7-3,8-4)21-22(26)27/h5-21H2,1-4H3,(H,26,27)(H2,25,28,29). The molecule has 7 heteroatoms. The average molecular weight is 464 g/mol. The SMILES string of the molecule is CCC(CC)(CCCCOCCCCC(CC)(CC)CC(=O)O)CCCCS(N)(=O)=O. The lowest BCUT2D eigenvalue weighted by atomic mass is 9.74. The summed E-state index contributed by atoms with van der Waals surface area (Å²) in [4.78, 5) is 11.1. The molecule has 0 amide bonds. The first kappa shape index (κ1) is 30.3. The summed E-state index contributed by atoms with van der Waals surface area (Å²) in [7, 11) is -3.35. The summed E-state index contributed by atoms with van der Waals surface area (Å²) < 4.78 is 28.0. The molecular formula is C24H49NO5S. The molecule has 0 saturated carbocycles. The van der Waals surface area contributed by atoms with Crippen molar-refractivity contribution in [1.29, 1.82) is 0 Å². The zero-order valence-corrected chi connectivity index (χ0v) is 21.4. The second kappa shape index (κ2) is 16.0. The molecule has 0 aliphatic carbocycles. The van der Waals surface area contributed by atoms with Crippen LogP contribution >= 0.6 is 0 Å². The molecule has 6 nitrogen and oxygen atoms in total. The second-order valence-corrected chi connectivity index (χ2v) is 11.1. The van der Waals surface area contributed by atoms with Crippen LogP contribution in [0.25, 0.3) is 0 Å². The minimum atomic E-state index is -3.35. The summed E-state index contributed by atoms with van der Waals surface area (Å²) in [5.74, 6) is -0.613. The van der Waals surface area contributed by atoms with Crippen molar-refractivity contribution in [3.63, 3.8) is 0 Å². The predicted molar refractivity (Wildman–Crippen MR) is 129 cm³/mol. The number of carboxylic acids is 1. The number of carbonyl (C=O) groups is 1. The van der Waals surface area contributed by atoms with Gasteiger partial charge < -0.3 is 9.84 Å². The minimum absolute atomic E-state index is 0.0657. The minimum Gasteiger partial charge on any atom is -0.481 e. The Hall–Kier alpha value is -0.660. The van der Waals surface area contributed by atoms with E-state index in [4.69, 9.17) is 15.0 Å². The number of primary sulfonamides is 1. The first-order chi connectivity index (χ1) is 14.6. The van der Waals surface area contributed by atoms with Gasteiger partial charge in [0.15, 0.2) is 0 Å². The topological polar surface area (TPSA) is 107 Å². The van der Waals surface area contributed by atoms with Gasteiger partial charge in [0.1, 0.15) is 0 Å². The number of unbranched alkanes of at least 4 members (excludes halogenated alkanes) is 3. The van der Waals surface area contributed by atoms with Crippen LogP contribution in [-0.2, 0) is 19.6 Å². The van der Waals surface area contributed by atoms with E-state index in [0.29, 0.717) is 11.8 Å². The third-order valence-corrected chi connectivity index (χ3v) is 8.26. The van der Waals surface area contributed by atoms with Crippen LogP contribution in [0.2, 0.25) is 0 Å². The fraction of sp³-hybridized carbons (Fsp3) is 0.958. The number of sulfonamides is 1. The van der Waals surface area contributed by atoms with Gasteiger partial charge in [0.2, 0.25) is 10.0 Å². The van der Waals surface area contributed by atoms with Gasteiger partial charge in [-0.1, -0.05) is 59.8 Å². The van der Waals surface area contributed by atoms with Crippen LogP contribution in [0.4, 0.5) is 0 Å². The Labute approximate surface area is 191 Å². The van der Waals surface area contributed by atoms with Crippen molar-refractivity contribution in [2.45, 2.75) is 118 Å². The number of carboxylic acid groups (broad SMARTS) is 1. The van der Waals surface area contributed by atoms with Gasteiger partial charge in [-0.3, -0.25) is 4.79 Å². The fourth-order valence-electron chi connectivity index (χ4n) is 4.66. The molecule has 186 valence electrons. The van der Waals surface area contributed by atoms with Crippen LogP contribution in [0, 0.1) is 10.8 Å². The Bertz CT molecular complexity index is 569. The molecule has 31 heavy (non-hydrogen) atoms. The van der Waals surface area contributed by atoms with Crippen molar-refractivity contribution in [2.75, 3.05) is 19.0 Å². The zero-order chi connectivity index (χ0) is 23.8. The second-order valence-electron chi connectivity index (χ2n) is 9.34. The van der Waals surface area contributed by atoms with E-state index in [9.17, 15) is 13.2 Å². The number of rotatable bonds is 21. The molecule has 0 aliphatic rings. The lowest BCUT2D eigenvalue weighted by Crippen LogP contribution is -2.23. The van der Waals surface area contributed by atoms with Crippen molar-refractivity contribution in [2.24, 2.45) is 16.0 Å². The predicted octanol–water partition coefficient (Wildman–Crippen LogP) is 5.89. The highest BCUT2D eigenvalue weighted by Crippen LogP contribution is 2.38. The maximum absolute atomic E-state index is 11.1. The summed E-state index contributed by atoms with van der Waals surface area (Å²) in [6, 6.07) is 0. The average Bonchev–Trinajstić information content (AvgIpc) is 2.72. The van der Waals surface area contributed by atoms with Gasteiger partial charge >= 0.3 is 5.97 Å². The van der Waals surface area contributed by atoms with Crippen molar-refractivity contribution in [1.82, 2.24) is 0 Å². The van der Waals surface area contributed by atoms with Crippen LogP contribution < -0.4 is 5.14 Å². The van der Waals surface area contributed by atoms with Gasteiger partial charge in [-0.25, -0.2) is 13.6 Å². The number of nitrogens with two attached hydrogens (primary N) is 1. The first-order valence-corrected chi connectivity index (χ1v) is 14.1. The highest BCUT2D eigenvalue weighted by Gasteiger charge is 2.28. The molecule has 0 unspecified atom stereocenters. The third kappa shape index (κ3) is 14.2. The summed E-state index contributed by atoms with van der Waals surface area (Å²) >= 11 is 0. The molecule has 0 radical (unpaired) electrons. The normalized spacial score (nSPS) is 12.9. The molecule has 0 fully saturated rings. The highest BCUT2D eigenvalue weighted by atomic mass is 32.2. The van der Waals surface area contributed by atoms with Crippen LogP contribution in [0.1, 0.15) is 118 Å². The fourth-order valence-corrected chi connectivity index (χ4v) is 5.26. The summed E-state index contributed by atoms with van der Waals surface area (Å²) in [5.41, 5.74) is 0.232. The summed E-state index contributed by atoms with van der Waals surface area (Å²) in [6.07, 6.45) is 13.2. The van der Waals surface area contributed by atoms with E-state index in [1.165, 1.54) is 0 Å². The van der Waals surface area contributed by atoms with E-state index in [1.807, 2.05) is 0 Å². The molecule has 0 aromatic carbocycles. The molecule has 0 rings (SSSR count). The zero-order valence-electron chi connectivity index (χ0n) is 20.6. The molecule has 0 aromatic heterocycles. The Morgan fingerprint density at radius 3 is 1.58 bits per heavy atom. The molecule has 0 saturated heterocycles. The van der Waals surface area contributed by atoms with Crippen LogP contribution in [0.5, 0.6) is 0 Å². The highest BCUT2D eigenvalue weighted by molar-refractivity contribution is 7.89. The maximum atomic E-state index is 11.1. The smallest absolute Gasteiger partial charge is 0.303 e. The van der Waals surface area contributed by atoms with Gasteiger partial charge in [-0.05, 0) is 62.2 Å². The Kier molecular flexibility index (Phi) is 15.7. The Morgan fingerprint density at radius 2 is 1.19 bits per heavy atom. The monoisotopic (exact) mass is 463 g/mol. The van der Waals surface area contributed by atoms with E-state index >= 15 is 0 Å². The van der Waals surface area contributed by atoms with E-state index in [-0.39, 0.29) is 17.6 Å². The third-order valence-electron chi connectivity index (χ3n) is 7.40. The first-order valence-electron chi connectivity index (χ1n) is 12.4. The van der Waals surface area contributed by atoms with E-state index in [0.717, 1.165) is 90.3 Å². The van der Waals surface area contributed by atoms with Gasteiger partial charge in [-0.2, -0.15) is 0 Å². The van der Waals surface area contributed by atoms with Gasteiger partial charge in [-0.15, -0.1) is 0 Å². The van der Waals surface area contributed by atoms with Gasteiger partial charge in [0.05, 0.1) is 12.2 Å². The van der Waals surface area contributed by atoms with E-state index in [2.05, 4.69) is 27.7 Å². The molecule has 0 aliphatic heterocycles. The lowest BCUT2D eigenvalue weighted by Gasteiger charge is -2.32. The molecule has 0 bridgehead atoms. The quantitative estimate of drug-likeness (QED) is 0.206. The summed E-state index contributed by atoms with van der Waals surface area (Å²) in [6.45, 7) is 10.2. The molecular weight excluding hydrogens is 414 g/mol. The van der Waals surface area contributed by atoms with Gasteiger partial charge in [0.25, 0.3) is 0 Å². The van der Waals surface area contributed by atoms with Crippen LogP contribution in [-0.4, -0.2) is 38.5 Å². The Morgan fingerprint density at radius 1 is 0.774 bits per heavy atom. The maximum Gasteiger partial charge on any atom is 0.303 e. The van der Waals surface area contributed by atoms with Crippen LogP contribution in [0.15, 0.2) is 0 Å². The number of aliphatic carboxylic acids is 1. The van der Waals surface area contributed by atoms with Crippen molar-refractivity contribution in [3.05, 3.63) is 0 Å². The Balaban J connectivity index is 4.03. The molecule has 0 spiro atoms. The number of ether oxygens (including phenoxy) is 1. The van der Waals surface area contributed by atoms with Crippen LogP contribution in [0.3, 0.4) is 0 Å². The van der Waals surface area contributed by atoms with Crippen molar-refractivity contribution < 1.29 is 23.1 Å². The van der Waals surface area contributed by atoms with Crippen molar-refractivity contribution in [3.8, 4) is 0 Å². The van der Waals surface area contributed by atoms with E-state index in [1.54, 1.807) is 0 Å². The van der Waals surface area contributed by atoms with E-state index < -0.39 is 16.0 Å². The molecule has 0 heterocycles. The lowest BCUT2D eigenvalue weighted by molar-refractivity contribution is -0.140. The summed E-state index contributed by atoms with van der Waals surface area (Å²) in [5, 5.41) is 14.3. The molecule has 0 aromatic rings. The number of hydrogen-bond donors (Lipinski definition) is 2.